The summed E-state index contributed by atoms with van der Waals surface area (Å²) in [6.07, 6.45) is -0.826. The molecular formula is C33H35F3N4O4. The van der Waals surface area contributed by atoms with E-state index in [0.717, 1.165) is 62.2 Å². The Labute approximate surface area is 254 Å². The Morgan fingerprint density at radius 1 is 0.977 bits per heavy atom. The maximum Gasteiger partial charge on any atom is 0.416 e. The molecule has 0 spiro atoms. The summed E-state index contributed by atoms with van der Waals surface area (Å²) in [5, 5.41) is 3.58. The molecular weight excluding hydrogens is 573 g/mol. The number of ether oxygens (including phenoxy) is 3. The van der Waals surface area contributed by atoms with Crippen molar-refractivity contribution in [3.63, 3.8) is 0 Å². The SMILES string of the molecule is COCCN1CCC(COc2cc3ncnc(-c4ccc(NC(=O)Cc5ccc(C(F)(F)F)cc5)cc4)c3cc2OC)CC1. The predicted molar refractivity (Wildman–Crippen MR) is 162 cm³/mol. The molecule has 0 atom stereocenters. The Balaban J connectivity index is 1.23. The number of amides is 1. The van der Waals surface area contributed by atoms with Gasteiger partial charge in [0.05, 0.1) is 43.5 Å². The lowest BCUT2D eigenvalue weighted by molar-refractivity contribution is -0.137. The largest absolute Gasteiger partial charge is 0.493 e. The van der Waals surface area contributed by atoms with Gasteiger partial charge < -0.3 is 24.4 Å². The zero-order valence-corrected chi connectivity index (χ0v) is 24.7. The number of likely N-dealkylation sites (tertiary alicyclic amines) is 1. The second-order valence-corrected chi connectivity index (χ2v) is 10.8. The summed E-state index contributed by atoms with van der Waals surface area (Å²) in [6, 6.07) is 15.5. The fourth-order valence-electron chi connectivity index (χ4n) is 5.28. The van der Waals surface area contributed by atoms with Crippen molar-refractivity contribution in [2.75, 3.05) is 52.4 Å². The summed E-state index contributed by atoms with van der Waals surface area (Å²) in [5.41, 5.74) is 2.53. The van der Waals surface area contributed by atoms with E-state index in [1.54, 1.807) is 26.4 Å². The molecule has 1 aromatic heterocycles. The van der Waals surface area contributed by atoms with Crippen LogP contribution in [0.3, 0.4) is 0 Å². The molecule has 0 saturated carbocycles. The number of fused-ring (bicyclic) bond motifs is 1. The van der Waals surface area contributed by atoms with Crippen molar-refractivity contribution >= 4 is 22.5 Å². The average Bonchev–Trinajstić information content (AvgIpc) is 3.02. The van der Waals surface area contributed by atoms with E-state index in [1.165, 1.54) is 18.5 Å². The van der Waals surface area contributed by atoms with Crippen molar-refractivity contribution in [1.82, 2.24) is 14.9 Å². The zero-order valence-electron chi connectivity index (χ0n) is 24.7. The molecule has 0 bridgehead atoms. The van der Waals surface area contributed by atoms with Gasteiger partial charge in [-0.25, -0.2) is 9.97 Å². The molecule has 1 aliphatic rings. The molecule has 3 aromatic carbocycles. The smallest absolute Gasteiger partial charge is 0.416 e. The normalized spacial score (nSPS) is 14.5. The monoisotopic (exact) mass is 608 g/mol. The molecule has 8 nitrogen and oxygen atoms in total. The van der Waals surface area contributed by atoms with Crippen molar-refractivity contribution in [3.05, 3.63) is 78.1 Å². The van der Waals surface area contributed by atoms with Crippen LogP contribution in [0.2, 0.25) is 0 Å². The van der Waals surface area contributed by atoms with E-state index in [9.17, 15) is 18.0 Å². The number of methoxy groups -OCH3 is 2. The third-order valence-electron chi connectivity index (χ3n) is 7.80. The molecule has 1 aliphatic heterocycles. The number of aromatic nitrogens is 2. The first-order valence-corrected chi connectivity index (χ1v) is 14.5. The van der Waals surface area contributed by atoms with E-state index in [1.807, 2.05) is 24.3 Å². The first-order valence-electron chi connectivity index (χ1n) is 14.5. The number of rotatable bonds is 11. The molecule has 1 amide bonds. The molecule has 1 saturated heterocycles. The number of hydrogen-bond donors (Lipinski definition) is 1. The third-order valence-corrected chi connectivity index (χ3v) is 7.80. The highest BCUT2D eigenvalue weighted by Gasteiger charge is 2.30. The number of anilines is 1. The first-order chi connectivity index (χ1) is 21.2. The van der Waals surface area contributed by atoms with Gasteiger partial charge in [0.25, 0.3) is 0 Å². The Morgan fingerprint density at radius 3 is 2.36 bits per heavy atom. The summed E-state index contributed by atoms with van der Waals surface area (Å²) in [4.78, 5) is 23.9. The van der Waals surface area contributed by atoms with E-state index < -0.39 is 11.7 Å². The standard InChI is InChI=1S/C33H35F3N4O4/c1-42-16-15-40-13-11-23(12-14-40)20-44-30-19-28-27(18-29(30)43-2)32(38-21-37-28)24-5-9-26(10-6-24)39-31(41)17-22-3-7-25(8-4-22)33(34,35)36/h3-10,18-19,21,23H,11-17,20H2,1-2H3,(H,39,41). The average molecular weight is 609 g/mol. The number of alkyl halides is 3. The first kappa shape index (κ1) is 31.2. The van der Waals surface area contributed by atoms with Gasteiger partial charge in [0.2, 0.25) is 5.91 Å². The Kier molecular flexibility index (Phi) is 9.96. The molecule has 4 aromatic rings. The topological polar surface area (TPSA) is 85.8 Å². The Hall–Kier alpha value is -4.22. The number of piperidine rings is 1. The minimum atomic E-state index is -4.42. The number of carbonyl (C=O) groups excluding carboxylic acids is 1. The summed E-state index contributed by atoms with van der Waals surface area (Å²) in [7, 11) is 3.33. The molecule has 0 aliphatic carbocycles. The highest BCUT2D eigenvalue weighted by atomic mass is 19.4. The van der Waals surface area contributed by atoms with Crippen LogP contribution >= 0.6 is 0 Å². The molecule has 5 rings (SSSR count). The van der Waals surface area contributed by atoms with Gasteiger partial charge >= 0.3 is 6.18 Å². The fourth-order valence-corrected chi connectivity index (χ4v) is 5.28. The minimum absolute atomic E-state index is 0.0474. The van der Waals surface area contributed by atoms with Gasteiger partial charge in [0, 0.05) is 36.4 Å². The van der Waals surface area contributed by atoms with E-state index in [0.29, 0.717) is 46.5 Å². The maximum absolute atomic E-state index is 12.8. The number of nitrogens with zero attached hydrogens (tertiary/aromatic N) is 3. The molecule has 232 valence electrons. The Bertz CT molecular complexity index is 1550. The number of halogens is 3. The van der Waals surface area contributed by atoms with Gasteiger partial charge in [0.15, 0.2) is 11.5 Å². The number of nitrogens with one attached hydrogen (secondary N) is 1. The van der Waals surface area contributed by atoms with Crippen molar-refractivity contribution < 1.29 is 32.2 Å². The van der Waals surface area contributed by atoms with Crippen LogP contribution < -0.4 is 14.8 Å². The van der Waals surface area contributed by atoms with Crippen molar-refractivity contribution in [2.45, 2.75) is 25.4 Å². The minimum Gasteiger partial charge on any atom is -0.493 e. The highest BCUT2D eigenvalue weighted by Crippen LogP contribution is 2.36. The molecule has 44 heavy (non-hydrogen) atoms. The van der Waals surface area contributed by atoms with E-state index in [2.05, 4.69) is 20.2 Å². The molecule has 0 radical (unpaired) electrons. The number of carbonyl (C=O) groups is 1. The van der Waals surface area contributed by atoms with Crippen molar-refractivity contribution in [2.24, 2.45) is 5.92 Å². The second-order valence-electron chi connectivity index (χ2n) is 10.8. The predicted octanol–water partition coefficient (Wildman–Crippen LogP) is 6.24. The van der Waals surface area contributed by atoms with E-state index >= 15 is 0 Å². The van der Waals surface area contributed by atoms with Crippen LogP contribution in [0.1, 0.15) is 24.0 Å². The van der Waals surface area contributed by atoms with Gasteiger partial charge in [-0.3, -0.25) is 4.79 Å². The molecule has 0 unspecified atom stereocenters. The third kappa shape index (κ3) is 7.83. The number of hydrogen-bond acceptors (Lipinski definition) is 7. The van der Waals surface area contributed by atoms with Crippen LogP contribution in [0.5, 0.6) is 11.5 Å². The molecule has 2 heterocycles. The van der Waals surface area contributed by atoms with Crippen LogP contribution in [0.4, 0.5) is 18.9 Å². The van der Waals surface area contributed by atoms with E-state index in [-0.39, 0.29) is 12.3 Å². The number of benzene rings is 3. The lowest BCUT2D eigenvalue weighted by Crippen LogP contribution is -2.37. The molecule has 1 N–H and O–H groups in total. The summed E-state index contributed by atoms with van der Waals surface area (Å²) in [6.45, 7) is 4.36. The highest BCUT2D eigenvalue weighted by molar-refractivity contribution is 5.95. The van der Waals surface area contributed by atoms with Crippen LogP contribution in [0.25, 0.3) is 22.2 Å². The second kappa shape index (κ2) is 14.0. The van der Waals surface area contributed by atoms with E-state index in [4.69, 9.17) is 14.2 Å². The van der Waals surface area contributed by atoms with Crippen LogP contribution in [-0.4, -0.2) is 67.8 Å². The summed E-state index contributed by atoms with van der Waals surface area (Å²) in [5.74, 6) is 1.36. The van der Waals surface area contributed by atoms with Gasteiger partial charge in [-0.2, -0.15) is 13.2 Å². The quantitative estimate of drug-likeness (QED) is 0.216. The van der Waals surface area contributed by atoms with Gasteiger partial charge in [0.1, 0.15) is 6.33 Å². The van der Waals surface area contributed by atoms with Gasteiger partial charge in [-0.1, -0.05) is 24.3 Å². The fraction of sp³-hybridized carbons (Fsp3) is 0.364. The van der Waals surface area contributed by atoms with Gasteiger partial charge in [-0.15, -0.1) is 0 Å². The zero-order chi connectivity index (χ0) is 31.1. The molecule has 1 fully saturated rings. The Morgan fingerprint density at radius 2 is 1.70 bits per heavy atom. The van der Waals surface area contributed by atoms with Crippen molar-refractivity contribution in [1.29, 1.82) is 0 Å². The van der Waals surface area contributed by atoms with Crippen molar-refractivity contribution in [3.8, 4) is 22.8 Å². The van der Waals surface area contributed by atoms with Crippen LogP contribution in [0.15, 0.2) is 67.0 Å². The van der Waals surface area contributed by atoms with Crippen LogP contribution in [0, 0.1) is 5.92 Å². The maximum atomic E-state index is 12.8. The van der Waals surface area contributed by atoms with Crippen LogP contribution in [-0.2, 0) is 22.1 Å². The molecule has 11 heteroatoms. The summed E-state index contributed by atoms with van der Waals surface area (Å²) < 4.78 is 55.5. The lowest BCUT2D eigenvalue weighted by Gasteiger charge is -2.31. The lowest BCUT2D eigenvalue weighted by atomic mass is 9.98. The van der Waals surface area contributed by atoms with Gasteiger partial charge in [-0.05, 0) is 67.7 Å². The summed E-state index contributed by atoms with van der Waals surface area (Å²) >= 11 is 0.